The fourth-order valence-corrected chi connectivity index (χ4v) is 4.63. The Kier molecular flexibility index (Phi) is 6.05. The van der Waals surface area contributed by atoms with Crippen molar-refractivity contribution < 1.29 is 23.8 Å². The molecule has 1 unspecified atom stereocenters. The lowest BCUT2D eigenvalue weighted by Crippen LogP contribution is -2.70. The summed E-state index contributed by atoms with van der Waals surface area (Å²) in [5, 5.41) is 16.8. The van der Waals surface area contributed by atoms with Gasteiger partial charge < -0.3 is 20.5 Å². The quantitative estimate of drug-likeness (QED) is 0.607. The van der Waals surface area contributed by atoms with Gasteiger partial charge in [-0.1, -0.05) is 11.6 Å². The number of carbonyl (C=O) groups is 2. The molecule has 2 bridgehead atoms. The molecule has 0 saturated heterocycles. The lowest BCUT2D eigenvalue weighted by atomic mass is 9.60. The minimum absolute atomic E-state index is 0.0240. The highest BCUT2D eigenvalue weighted by molar-refractivity contribution is 6.30. The number of benzene rings is 1. The summed E-state index contributed by atoms with van der Waals surface area (Å²) >= 11 is 5.64. The molecule has 0 spiro atoms. The van der Waals surface area contributed by atoms with Crippen LogP contribution >= 0.6 is 11.6 Å². The normalized spacial score (nSPS) is 26.4. The highest BCUT2D eigenvalue weighted by Crippen LogP contribution is 2.47. The maximum Gasteiger partial charge on any atom is 0.272 e. The molecule has 3 saturated carbocycles. The van der Waals surface area contributed by atoms with E-state index >= 15 is 0 Å². The van der Waals surface area contributed by atoms with Crippen molar-refractivity contribution in [3.05, 3.63) is 52.8 Å². The Balaban J connectivity index is 1.34. The first-order valence-corrected chi connectivity index (χ1v) is 10.8. The lowest BCUT2D eigenvalue weighted by molar-refractivity contribution is -0.129. The zero-order valence-corrected chi connectivity index (χ0v) is 18.3. The zero-order chi connectivity index (χ0) is 22.9. The van der Waals surface area contributed by atoms with Crippen LogP contribution in [0.15, 0.2) is 30.6 Å². The number of rotatable bonds is 6. The van der Waals surface area contributed by atoms with Gasteiger partial charge in [0.15, 0.2) is 6.61 Å². The van der Waals surface area contributed by atoms with Crippen molar-refractivity contribution in [2.75, 3.05) is 6.61 Å². The third-order valence-corrected chi connectivity index (χ3v) is 6.67. The molecule has 8 nitrogen and oxygen atoms in total. The Morgan fingerprint density at radius 2 is 1.97 bits per heavy atom. The number of aryl methyl sites for hydroxylation is 1. The maximum absolute atomic E-state index is 13.5. The molecule has 2 amide bonds. The first kappa shape index (κ1) is 22.4. The van der Waals surface area contributed by atoms with Crippen LogP contribution in [-0.2, 0) is 4.79 Å². The number of aliphatic hydroxyl groups is 1. The topological polar surface area (TPSA) is 113 Å². The molecule has 1 heterocycles. The number of aliphatic hydroxyl groups excluding tert-OH is 1. The molecule has 2 aromatic rings. The summed E-state index contributed by atoms with van der Waals surface area (Å²) in [6, 6.07) is 3.96. The first-order valence-electron chi connectivity index (χ1n) is 10.4. The van der Waals surface area contributed by atoms with E-state index in [1.54, 1.807) is 6.92 Å². The van der Waals surface area contributed by atoms with Crippen molar-refractivity contribution in [2.45, 2.75) is 56.2 Å². The minimum Gasteiger partial charge on any atom is -0.484 e. The third kappa shape index (κ3) is 4.54. The Bertz CT molecular complexity index is 1030. The van der Waals surface area contributed by atoms with Gasteiger partial charge in [0, 0.05) is 17.8 Å². The van der Waals surface area contributed by atoms with Gasteiger partial charge in [-0.3, -0.25) is 14.6 Å². The molecule has 1 atom stereocenters. The van der Waals surface area contributed by atoms with Crippen LogP contribution in [-0.4, -0.2) is 50.7 Å². The Labute approximate surface area is 189 Å². The Hall–Kier alpha value is -2.78. The molecule has 0 aliphatic heterocycles. The molecule has 1 aromatic carbocycles. The van der Waals surface area contributed by atoms with E-state index in [1.807, 2.05) is 0 Å². The van der Waals surface area contributed by atoms with E-state index in [-0.39, 0.29) is 34.9 Å². The number of hydrogen-bond acceptors (Lipinski definition) is 6. The molecule has 32 heavy (non-hydrogen) atoms. The van der Waals surface area contributed by atoms with Crippen LogP contribution < -0.4 is 15.4 Å². The van der Waals surface area contributed by atoms with Gasteiger partial charge in [-0.2, -0.15) is 0 Å². The number of halogens is 2. The summed E-state index contributed by atoms with van der Waals surface area (Å²) in [4.78, 5) is 33.3. The van der Waals surface area contributed by atoms with E-state index in [0.717, 1.165) is 6.07 Å². The van der Waals surface area contributed by atoms with Gasteiger partial charge >= 0.3 is 0 Å². The predicted molar refractivity (Wildman–Crippen MR) is 114 cm³/mol. The van der Waals surface area contributed by atoms with Gasteiger partial charge in [0.05, 0.1) is 28.6 Å². The molecule has 3 aliphatic carbocycles. The van der Waals surface area contributed by atoms with Gasteiger partial charge in [0.2, 0.25) is 0 Å². The molecule has 1 aromatic heterocycles. The van der Waals surface area contributed by atoms with Crippen molar-refractivity contribution in [2.24, 2.45) is 0 Å². The number of carbonyl (C=O) groups excluding carboxylic acids is 2. The summed E-state index contributed by atoms with van der Waals surface area (Å²) in [5.41, 5.74) is -0.418. The fraction of sp³-hybridized carbons (Fsp3) is 0.455. The number of amides is 2. The number of fused-ring (bicyclic) bond motifs is 3. The van der Waals surface area contributed by atoms with Crippen LogP contribution in [0.5, 0.6) is 5.75 Å². The molecule has 0 radical (unpaired) electrons. The predicted octanol–water partition coefficient (Wildman–Crippen LogP) is 2.32. The van der Waals surface area contributed by atoms with Gasteiger partial charge in [-0.05, 0) is 51.2 Å². The van der Waals surface area contributed by atoms with Gasteiger partial charge in [-0.15, -0.1) is 0 Å². The summed E-state index contributed by atoms with van der Waals surface area (Å²) in [5.74, 6) is -1.16. The summed E-state index contributed by atoms with van der Waals surface area (Å²) in [7, 11) is 0. The van der Waals surface area contributed by atoms with Crippen molar-refractivity contribution in [3.8, 4) is 5.75 Å². The van der Waals surface area contributed by atoms with E-state index in [1.165, 1.54) is 24.5 Å². The van der Waals surface area contributed by atoms with E-state index in [0.29, 0.717) is 37.8 Å². The van der Waals surface area contributed by atoms with Gasteiger partial charge in [-0.25, -0.2) is 9.37 Å². The van der Waals surface area contributed by atoms with Crippen molar-refractivity contribution in [3.63, 3.8) is 0 Å². The van der Waals surface area contributed by atoms with Crippen LogP contribution in [0, 0.1) is 12.7 Å². The maximum atomic E-state index is 13.5. The van der Waals surface area contributed by atoms with E-state index in [9.17, 15) is 19.1 Å². The van der Waals surface area contributed by atoms with Crippen LogP contribution in [0.4, 0.5) is 4.39 Å². The number of hydrogen-bond donors (Lipinski definition) is 3. The number of nitrogens with one attached hydrogen (secondary N) is 2. The second kappa shape index (κ2) is 8.63. The Morgan fingerprint density at radius 3 is 2.59 bits per heavy atom. The average molecular weight is 463 g/mol. The second-order valence-corrected chi connectivity index (χ2v) is 8.97. The van der Waals surface area contributed by atoms with Gasteiger partial charge in [0.25, 0.3) is 11.8 Å². The molecule has 10 heteroatoms. The minimum atomic E-state index is -0.820. The number of ether oxygens (including phenoxy) is 1. The smallest absolute Gasteiger partial charge is 0.272 e. The summed E-state index contributed by atoms with van der Waals surface area (Å²) in [6.45, 7) is 1.50. The molecule has 3 aliphatic rings. The zero-order valence-electron chi connectivity index (χ0n) is 17.5. The van der Waals surface area contributed by atoms with E-state index < -0.39 is 23.0 Å². The standard InChI is InChI=1S/C22H24ClFN4O4/c1-13-10-26-17(11-25-13)20(31)28-22-6-4-21(5-7-22,9-18(22)29)27-19(30)12-32-14-2-3-15(23)16(24)8-14/h2-3,8,10-11,18,29H,4-7,9,12H2,1H3,(H,27,30)(H,28,31). The first-order chi connectivity index (χ1) is 15.2. The van der Waals surface area contributed by atoms with Crippen LogP contribution in [0.2, 0.25) is 5.02 Å². The molecule has 5 rings (SSSR count). The van der Waals surface area contributed by atoms with Crippen molar-refractivity contribution >= 4 is 23.4 Å². The fourth-order valence-electron chi connectivity index (χ4n) is 4.51. The van der Waals surface area contributed by atoms with E-state index in [4.69, 9.17) is 16.3 Å². The average Bonchev–Trinajstić information content (AvgIpc) is 2.76. The molecule has 3 N–H and O–H groups in total. The SMILES string of the molecule is Cc1cnc(C(=O)NC23CCC(NC(=O)COc4ccc(Cl)c(F)c4)(CC2)CC3O)cn1. The Morgan fingerprint density at radius 1 is 1.22 bits per heavy atom. The van der Waals surface area contributed by atoms with Crippen molar-refractivity contribution in [1.82, 2.24) is 20.6 Å². The molecular weight excluding hydrogens is 439 g/mol. The number of aromatic nitrogens is 2. The lowest BCUT2D eigenvalue weighted by Gasteiger charge is -2.56. The monoisotopic (exact) mass is 462 g/mol. The van der Waals surface area contributed by atoms with Crippen LogP contribution in [0.3, 0.4) is 0 Å². The van der Waals surface area contributed by atoms with E-state index in [2.05, 4.69) is 20.6 Å². The van der Waals surface area contributed by atoms with Gasteiger partial charge in [0.1, 0.15) is 17.3 Å². The largest absolute Gasteiger partial charge is 0.484 e. The highest BCUT2D eigenvalue weighted by Gasteiger charge is 2.55. The second-order valence-electron chi connectivity index (χ2n) is 8.57. The highest BCUT2D eigenvalue weighted by atomic mass is 35.5. The summed E-state index contributed by atoms with van der Waals surface area (Å²) in [6.07, 6.45) is 4.66. The number of nitrogens with zero attached hydrogens (tertiary/aromatic N) is 2. The molecule has 3 fully saturated rings. The molecular formula is C22H24ClFN4O4. The summed E-state index contributed by atoms with van der Waals surface area (Å²) < 4.78 is 18.9. The van der Waals surface area contributed by atoms with Crippen LogP contribution in [0.1, 0.15) is 48.3 Å². The molecule has 170 valence electrons. The van der Waals surface area contributed by atoms with Crippen LogP contribution in [0.25, 0.3) is 0 Å². The third-order valence-electron chi connectivity index (χ3n) is 6.36. The van der Waals surface area contributed by atoms with Crippen molar-refractivity contribution in [1.29, 1.82) is 0 Å².